The molecule has 0 aromatic heterocycles. The first-order valence-electron chi connectivity index (χ1n) is 5.32. The highest BCUT2D eigenvalue weighted by molar-refractivity contribution is 7.80. The third-order valence-electron chi connectivity index (χ3n) is 4.06. The molecule has 1 heterocycles. The maximum absolute atomic E-state index is 6.07. The average molecular weight is 200 g/mol. The second kappa shape index (κ2) is 3.44. The average Bonchev–Trinajstić information content (AvgIpc) is 2.15. The lowest BCUT2D eigenvalue weighted by Gasteiger charge is -2.53. The summed E-state index contributed by atoms with van der Waals surface area (Å²) in [5.74, 6) is 0. The number of hydrogen-bond donors (Lipinski definition) is 2. The molecule has 1 aliphatic carbocycles. The van der Waals surface area contributed by atoms with Crippen LogP contribution in [0.25, 0.3) is 0 Å². The van der Waals surface area contributed by atoms with Gasteiger partial charge < -0.3 is 5.73 Å². The Kier molecular flexibility index (Phi) is 2.60. The van der Waals surface area contributed by atoms with E-state index in [0.717, 1.165) is 0 Å². The minimum Gasteiger partial charge on any atom is -0.327 e. The molecule has 1 spiro atoms. The molecule has 2 atom stereocenters. The van der Waals surface area contributed by atoms with Crippen molar-refractivity contribution in [1.82, 2.24) is 4.90 Å². The van der Waals surface area contributed by atoms with Crippen LogP contribution >= 0.6 is 12.6 Å². The van der Waals surface area contributed by atoms with Crippen molar-refractivity contribution in [3.8, 4) is 0 Å². The summed E-state index contributed by atoms with van der Waals surface area (Å²) in [4.78, 5) is 2.44. The van der Waals surface area contributed by atoms with Crippen LogP contribution in [0, 0.1) is 5.41 Å². The Morgan fingerprint density at radius 1 is 1.38 bits per heavy atom. The van der Waals surface area contributed by atoms with Crippen LogP contribution in [0.4, 0.5) is 0 Å². The fourth-order valence-corrected chi connectivity index (χ4v) is 2.91. The summed E-state index contributed by atoms with van der Waals surface area (Å²) in [5.41, 5.74) is 6.60. The van der Waals surface area contributed by atoms with Gasteiger partial charge in [0.05, 0.1) is 0 Å². The normalized spacial score (nSPS) is 35.8. The maximum Gasteiger partial charge on any atom is 0.0499 e. The van der Waals surface area contributed by atoms with Gasteiger partial charge in [0.2, 0.25) is 0 Å². The molecule has 0 radical (unpaired) electrons. The second-order valence-electron chi connectivity index (χ2n) is 4.68. The van der Waals surface area contributed by atoms with Gasteiger partial charge in [0, 0.05) is 11.4 Å². The highest BCUT2D eigenvalue weighted by Crippen LogP contribution is 2.48. The van der Waals surface area contributed by atoms with E-state index in [2.05, 4.69) is 24.5 Å². The fraction of sp³-hybridized carbons (Fsp3) is 1.00. The molecule has 0 aromatic rings. The van der Waals surface area contributed by atoms with Gasteiger partial charge in [0.15, 0.2) is 0 Å². The summed E-state index contributed by atoms with van der Waals surface area (Å²) in [7, 11) is 0. The van der Waals surface area contributed by atoms with Crippen molar-refractivity contribution in [3.63, 3.8) is 0 Å². The van der Waals surface area contributed by atoms with Gasteiger partial charge in [-0.2, -0.15) is 12.6 Å². The molecule has 2 rings (SSSR count). The number of nitrogens with two attached hydrogens (primary N) is 1. The van der Waals surface area contributed by atoms with E-state index < -0.39 is 0 Å². The van der Waals surface area contributed by atoms with Crippen molar-refractivity contribution in [2.75, 3.05) is 13.1 Å². The van der Waals surface area contributed by atoms with Gasteiger partial charge in [-0.15, -0.1) is 0 Å². The van der Waals surface area contributed by atoms with Crippen molar-refractivity contribution in [2.45, 2.75) is 44.0 Å². The van der Waals surface area contributed by atoms with Gasteiger partial charge in [-0.05, 0) is 51.1 Å². The molecular weight excluding hydrogens is 180 g/mol. The van der Waals surface area contributed by atoms with Crippen LogP contribution in [-0.4, -0.2) is 29.4 Å². The van der Waals surface area contributed by atoms with Crippen LogP contribution in [0.15, 0.2) is 0 Å². The molecule has 3 heteroatoms. The molecule has 2 unspecified atom stereocenters. The molecular formula is C10H20N2S. The van der Waals surface area contributed by atoms with Gasteiger partial charge >= 0.3 is 0 Å². The van der Waals surface area contributed by atoms with Crippen LogP contribution in [0.3, 0.4) is 0 Å². The van der Waals surface area contributed by atoms with E-state index in [0.29, 0.717) is 16.8 Å². The minimum absolute atomic E-state index is 0.411. The quantitative estimate of drug-likeness (QED) is 0.628. The lowest BCUT2D eigenvalue weighted by atomic mass is 9.60. The molecule has 0 bridgehead atoms. The number of hydrogen-bond acceptors (Lipinski definition) is 3. The Labute approximate surface area is 86.3 Å². The van der Waals surface area contributed by atoms with Crippen molar-refractivity contribution in [1.29, 1.82) is 0 Å². The third-order valence-corrected chi connectivity index (χ3v) is 4.39. The van der Waals surface area contributed by atoms with Crippen LogP contribution in [0.5, 0.6) is 0 Å². The molecule has 76 valence electrons. The first-order chi connectivity index (χ1) is 6.14. The summed E-state index contributed by atoms with van der Waals surface area (Å²) < 4.78 is 0. The molecule has 2 aliphatic rings. The molecule has 2 nitrogen and oxygen atoms in total. The van der Waals surface area contributed by atoms with Crippen molar-refractivity contribution < 1.29 is 0 Å². The SMILES string of the molecule is CC(S)N1CCC2(CCC2N)CC1. The van der Waals surface area contributed by atoms with Crippen LogP contribution in [0.1, 0.15) is 32.6 Å². The summed E-state index contributed by atoms with van der Waals surface area (Å²) in [5, 5.41) is 0.411. The Morgan fingerprint density at radius 3 is 2.31 bits per heavy atom. The van der Waals surface area contributed by atoms with E-state index in [9.17, 15) is 0 Å². The predicted octanol–water partition coefficient (Wildman–Crippen LogP) is 1.47. The van der Waals surface area contributed by atoms with Crippen LogP contribution in [-0.2, 0) is 0 Å². The zero-order valence-electron chi connectivity index (χ0n) is 8.37. The number of rotatable bonds is 1. The van der Waals surface area contributed by atoms with E-state index in [1.807, 2.05) is 0 Å². The minimum atomic E-state index is 0.411. The number of likely N-dealkylation sites (tertiary alicyclic amines) is 1. The first kappa shape index (κ1) is 9.81. The summed E-state index contributed by atoms with van der Waals surface area (Å²) in [6, 6.07) is 0.491. The smallest absolute Gasteiger partial charge is 0.0499 e. The monoisotopic (exact) mass is 200 g/mol. The van der Waals surface area contributed by atoms with Crippen molar-refractivity contribution in [3.05, 3.63) is 0 Å². The van der Waals surface area contributed by atoms with E-state index in [1.165, 1.54) is 38.8 Å². The van der Waals surface area contributed by atoms with Gasteiger partial charge in [-0.3, -0.25) is 4.90 Å². The molecule has 0 amide bonds. The molecule has 1 saturated carbocycles. The summed E-state index contributed by atoms with van der Waals surface area (Å²) in [6.07, 6.45) is 5.19. The van der Waals surface area contributed by atoms with Gasteiger partial charge in [0.25, 0.3) is 0 Å². The highest BCUT2D eigenvalue weighted by Gasteiger charge is 2.46. The standard InChI is InChI=1S/C10H20N2S/c1-8(13)12-6-4-10(5-7-12)3-2-9(10)11/h8-9,13H,2-7,11H2,1H3. The topological polar surface area (TPSA) is 29.3 Å². The molecule has 2 fully saturated rings. The largest absolute Gasteiger partial charge is 0.327 e. The van der Waals surface area contributed by atoms with E-state index in [1.54, 1.807) is 0 Å². The lowest BCUT2D eigenvalue weighted by Crippen LogP contribution is -2.56. The summed E-state index contributed by atoms with van der Waals surface area (Å²) >= 11 is 4.46. The first-order valence-corrected chi connectivity index (χ1v) is 5.83. The third kappa shape index (κ3) is 1.62. The Hall–Kier alpha value is 0.270. The van der Waals surface area contributed by atoms with E-state index >= 15 is 0 Å². The second-order valence-corrected chi connectivity index (χ2v) is 5.42. The number of nitrogens with zero attached hydrogens (tertiary/aromatic N) is 1. The fourth-order valence-electron chi connectivity index (χ4n) is 2.68. The highest BCUT2D eigenvalue weighted by atomic mass is 32.1. The Balaban J connectivity index is 1.89. The molecule has 1 aliphatic heterocycles. The lowest BCUT2D eigenvalue weighted by molar-refractivity contribution is 0.00861. The predicted molar refractivity (Wildman–Crippen MR) is 58.9 cm³/mol. The van der Waals surface area contributed by atoms with E-state index in [4.69, 9.17) is 5.73 Å². The zero-order valence-corrected chi connectivity index (χ0v) is 9.26. The van der Waals surface area contributed by atoms with Crippen LogP contribution in [0.2, 0.25) is 0 Å². The zero-order chi connectivity index (χ0) is 9.47. The summed E-state index contributed by atoms with van der Waals surface area (Å²) in [6.45, 7) is 4.54. The van der Waals surface area contributed by atoms with Crippen LogP contribution < -0.4 is 5.73 Å². The van der Waals surface area contributed by atoms with E-state index in [-0.39, 0.29) is 0 Å². The maximum atomic E-state index is 6.07. The van der Waals surface area contributed by atoms with Gasteiger partial charge in [-0.1, -0.05) is 0 Å². The van der Waals surface area contributed by atoms with Gasteiger partial charge in [0.1, 0.15) is 0 Å². The molecule has 2 N–H and O–H groups in total. The number of thiol groups is 1. The Bertz CT molecular complexity index is 185. The van der Waals surface area contributed by atoms with Crippen molar-refractivity contribution >= 4 is 12.6 Å². The van der Waals surface area contributed by atoms with Crippen molar-refractivity contribution in [2.24, 2.45) is 11.1 Å². The number of piperidine rings is 1. The molecule has 0 aromatic carbocycles. The molecule has 1 saturated heterocycles. The molecule has 13 heavy (non-hydrogen) atoms. The Morgan fingerprint density at radius 2 is 2.00 bits per heavy atom. The van der Waals surface area contributed by atoms with Gasteiger partial charge in [-0.25, -0.2) is 0 Å².